The van der Waals surface area contributed by atoms with Gasteiger partial charge in [0, 0.05) is 23.4 Å². The standard InChI is InChI=1S/C19H13ClN4O2S2/c1-24-16-8-14(20)5-6-15(16)18-17(28(24,25)26)10-22-19(23-18)27-11-13-4-2-3-12(7-13)9-21/h2-8,10H,11H2,1H3. The first-order valence-corrected chi connectivity index (χ1v) is 11.0. The van der Waals surface area contributed by atoms with Gasteiger partial charge in [-0.1, -0.05) is 35.5 Å². The molecule has 6 nitrogen and oxygen atoms in total. The number of halogens is 1. The molecule has 0 unspecified atom stereocenters. The highest BCUT2D eigenvalue weighted by Gasteiger charge is 2.34. The minimum Gasteiger partial charge on any atom is -0.269 e. The summed E-state index contributed by atoms with van der Waals surface area (Å²) < 4.78 is 26.8. The monoisotopic (exact) mass is 428 g/mol. The van der Waals surface area contributed by atoms with Gasteiger partial charge in [-0.25, -0.2) is 18.4 Å². The topological polar surface area (TPSA) is 86.9 Å². The molecule has 0 fully saturated rings. The largest absolute Gasteiger partial charge is 0.269 e. The summed E-state index contributed by atoms with van der Waals surface area (Å²) in [6.07, 6.45) is 1.35. The van der Waals surface area contributed by atoms with Gasteiger partial charge in [-0.2, -0.15) is 5.26 Å². The second-order valence-corrected chi connectivity index (χ2v) is 9.42. The van der Waals surface area contributed by atoms with E-state index < -0.39 is 10.0 Å². The van der Waals surface area contributed by atoms with Crippen molar-refractivity contribution in [3.63, 3.8) is 0 Å². The summed E-state index contributed by atoms with van der Waals surface area (Å²) >= 11 is 7.43. The van der Waals surface area contributed by atoms with Gasteiger partial charge < -0.3 is 0 Å². The zero-order valence-electron chi connectivity index (χ0n) is 14.6. The average molecular weight is 429 g/mol. The molecular weight excluding hydrogens is 416 g/mol. The lowest BCUT2D eigenvalue weighted by Gasteiger charge is -2.28. The fraction of sp³-hybridized carbons (Fsp3) is 0.105. The van der Waals surface area contributed by atoms with E-state index >= 15 is 0 Å². The van der Waals surface area contributed by atoms with Crippen LogP contribution in [0.25, 0.3) is 11.3 Å². The van der Waals surface area contributed by atoms with Crippen LogP contribution in [0.15, 0.2) is 58.7 Å². The Balaban J connectivity index is 1.72. The lowest BCUT2D eigenvalue weighted by atomic mass is 10.1. The van der Waals surface area contributed by atoms with Crippen molar-refractivity contribution in [2.24, 2.45) is 0 Å². The van der Waals surface area contributed by atoms with Crippen LogP contribution in [0.1, 0.15) is 11.1 Å². The number of fused-ring (bicyclic) bond motifs is 3. The summed E-state index contributed by atoms with van der Waals surface area (Å²) in [5.74, 6) is 0.564. The van der Waals surface area contributed by atoms with Gasteiger partial charge in [0.25, 0.3) is 10.0 Å². The van der Waals surface area contributed by atoms with Crippen LogP contribution in [0.2, 0.25) is 5.02 Å². The molecule has 140 valence electrons. The molecule has 0 amide bonds. The lowest BCUT2D eigenvalue weighted by molar-refractivity contribution is 0.592. The number of thioether (sulfide) groups is 1. The highest BCUT2D eigenvalue weighted by molar-refractivity contribution is 7.98. The van der Waals surface area contributed by atoms with Crippen LogP contribution >= 0.6 is 23.4 Å². The second-order valence-electron chi connectivity index (χ2n) is 6.10. The number of benzene rings is 2. The molecule has 9 heteroatoms. The smallest absolute Gasteiger partial charge is 0.267 e. The summed E-state index contributed by atoms with van der Waals surface area (Å²) in [4.78, 5) is 8.81. The molecule has 1 aliphatic rings. The fourth-order valence-electron chi connectivity index (χ4n) is 2.93. The number of anilines is 1. The highest BCUT2D eigenvalue weighted by atomic mass is 35.5. The Bertz CT molecular complexity index is 1240. The molecule has 1 aromatic heterocycles. The minimum absolute atomic E-state index is 0.0700. The van der Waals surface area contributed by atoms with E-state index in [4.69, 9.17) is 16.9 Å². The molecule has 0 spiro atoms. The molecule has 0 saturated heterocycles. The van der Waals surface area contributed by atoms with Crippen LogP contribution in [0.4, 0.5) is 5.69 Å². The lowest BCUT2D eigenvalue weighted by Crippen LogP contribution is -2.31. The van der Waals surface area contributed by atoms with Crippen LogP contribution in [0.3, 0.4) is 0 Å². The SMILES string of the molecule is CN1c2cc(Cl)ccc2-c2nc(SCc3cccc(C#N)c3)ncc2S1(=O)=O. The van der Waals surface area contributed by atoms with E-state index in [2.05, 4.69) is 16.0 Å². The van der Waals surface area contributed by atoms with Crippen molar-refractivity contribution < 1.29 is 8.42 Å². The number of sulfonamides is 1. The van der Waals surface area contributed by atoms with Gasteiger partial charge in [0.2, 0.25) is 0 Å². The summed E-state index contributed by atoms with van der Waals surface area (Å²) in [5.41, 5.74) is 3.09. The molecule has 28 heavy (non-hydrogen) atoms. The molecule has 0 radical (unpaired) electrons. The van der Waals surface area contributed by atoms with E-state index in [9.17, 15) is 8.42 Å². The maximum atomic E-state index is 12.8. The van der Waals surface area contributed by atoms with E-state index in [0.717, 1.165) is 5.56 Å². The Hall–Kier alpha value is -2.60. The predicted molar refractivity (Wildman–Crippen MR) is 109 cm³/mol. The number of hydrogen-bond acceptors (Lipinski definition) is 6. The molecule has 1 aliphatic heterocycles. The van der Waals surface area contributed by atoms with E-state index in [0.29, 0.717) is 38.4 Å². The Morgan fingerprint density at radius 2 is 2.07 bits per heavy atom. The third-order valence-corrected chi connectivity index (χ3v) is 7.29. The number of hydrogen-bond donors (Lipinski definition) is 0. The maximum Gasteiger partial charge on any atom is 0.267 e. The summed E-state index contributed by atoms with van der Waals surface area (Å²) in [5, 5.41) is 9.92. The van der Waals surface area contributed by atoms with Crippen LogP contribution < -0.4 is 4.31 Å². The van der Waals surface area contributed by atoms with Gasteiger partial charge in [0.15, 0.2) is 5.16 Å². The van der Waals surface area contributed by atoms with E-state index in [1.165, 1.54) is 29.3 Å². The molecule has 3 aromatic rings. The molecule has 2 heterocycles. The first-order valence-electron chi connectivity index (χ1n) is 8.18. The molecule has 0 bridgehead atoms. The molecular formula is C19H13ClN4O2S2. The van der Waals surface area contributed by atoms with Crippen molar-refractivity contribution in [1.82, 2.24) is 9.97 Å². The van der Waals surface area contributed by atoms with Gasteiger partial charge in [-0.15, -0.1) is 0 Å². The molecule has 0 aliphatic carbocycles. The van der Waals surface area contributed by atoms with Crippen LogP contribution in [0.5, 0.6) is 0 Å². The Morgan fingerprint density at radius 3 is 2.86 bits per heavy atom. The Kier molecular flexibility index (Phi) is 4.75. The van der Waals surface area contributed by atoms with Crippen molar-refractivity contribution in [3.05, 3.63) is 64.8 Å². The third kappa shape index (κ3) is 3.22. The number of aromatic nitrogens is 2. The van der Waals surface area contributed by atoms with Gasteiger partial charge in [0.1, 0.15) is 4.90 Å². The van der Waals surface area contributed by atoms with E-state index in [1.807, 2.05) is 18.2 Å². The van der Waals surface area contributed by atoms with Crippen molar-refractivity contribution in [2.75, 3.05) is 11.4 Å². The van der Waals surface area contributed by atoms with E-state index in [-0.39, 0.29) is 4.90 Å². The molecule has 0 atom stereocenters. The maximum absolute atomic E-state index is 12.8. The number of nitriles is 1. The molecule has 0 N–H and O–H groups in total. The fourth-order valence-corrected chi connectivity index (χ4v) is 5.14. The van der Waals surface area contributed by atoms with Crippen molar-refractivity contribution >= 4 is 39.1 Å². The number of nitrogens with zero attached hydrogens (tertiary/aromatic N) is 4. The van der Waals surface area contributed by atoms with Crippen molar-refractivity contribution in [1.29, 1.82) is 5.26 Å². The van der Waals surface area contributed by atoms with Crippen molar-refractivity contribution in [2.45, 2.75) is 15.8 Å². The van der Waals surface area contributed by atoms with Crippen molar-refractivity contribution in [3.8, 4) is 17.3 Å². The minimum atomic E-state index is -3.74. The molecule has 2 aromatic carbocycles. The third-order valence-electron chi connectivity index (χ3n) is 4.35. The van der Waals surface area contributed by atoms with E-state index in [1.54, 1.807) is 24.3 Å². The average Bonchev–Trinajstić information content (AvgIpc) is 2.70. The van der Waals surface area contributed by atoms with Crippen LogP contribution in [-0.2, 0) is 15.8 Å². The first-order chi connectivity index (χ1) is 13.4. The van der Waals surface area contributed by atoms with Gasteiger partial charge >= 0.3 is 0 Å². The summed E-state index contributed by atoms with van der Waals surface area (Å²) in [7, 11) is -2.26. The molecule has 0 saturated carbocycles. The quantitative estimate of drug-likeness (QED) is 0.461. The van der Waals surface area contributed by atoms with Crippen LogP contribution in [-0.4, -0.2) is 25.4 Å². The Labute approximate surface area is 171 Å². The zero-order valence-corrected chi connectivity index (χ0v) is 17.0. The highest BCUT2D eigenvalue weighted by Crippen LogP contribution is 2.42. The van der Waals surface area contributed by atoms with Crippen LogP contribution in [0, 0.1) is 11.3 Å². The summed E-state index contributed by atoms with van der Waals surface area (Å²) in [6.45, 7) is 0. The zero-order chi connectivity index (χ0) is 19.9. The first kappa shape index (κ1) is 18.7. The number of rotatable bonds is 3. The van der Waals surface area contributed by atoms with Gasteiger partial charge in [0.05, 0.1) is 29.2 Å². The van der Waals surface area contributed by atoms with Gasteiger partial charge in [-0.3, -0.25) is 4.31 Å². The Morgan fingerprint density at radius 1 is 1.25 bits per heavy atom. The molecule has 4 rings (SSSR count). The second kappa shape index (κ2) is 7.09. The predicted octanol–water partition coefficient (Wildman–Crippen LogP) is 4.10. The summed E-state index contributed by atoms with van der Waals surface area (Å²) in [6, 6.07) is 14.5. The van der Waals surface area contributed by atoms with Gasteiger partial charge in [-0.05, 0) is 35.9 Å². The normalized spacial score (nSPS) is 14.1.